The van der Waals surface area contributed by atoms with Gasteiger partial charge in [0, 0.05) is 24.7 Å². The van der Waals surface area contributed by atoms with Crippen LogP contribution in [0.2, 0.25) is 5.02 Å². The van der Waals surface area contributed by atoms with Crippen LogP contribution in [0.5, 0.6) is 5.75 Å². The molecular weight excluding hydrogens is 443 g/mol. The maximum Gasteiger partial charge on any atom is 0.194 e. The minimum Gasteiger partial charge on any atom is -0.492 e. The third-order valence-corrected chi connectivity index (χ3v) is 3.31. The zero-order valence-electron chi connectivity index (χ0n) is 13.7. The van der Waals surface area contributed by atoms with E-state index in [1.165, 1.54) is 0 Å². The number of nitrogens with zero attached hydrogens (tertiary/aromatic N) is 3. The fraction of sp³-hybridized carbons (Fsp3) is 0.375. The Balaban J connectivity index is 0.00000288. The lowest BCUT2D eigenvalue weighted by Gasteiger charge is -2.22. The smallest absolute Gasteiger partial charge is 0.194 e. The Morgan fingerprint density at radius 2 is 2.25 bits per heavy atom. The molecule has 0 saturated carbocycles. The zero-order valence-corrected chi connectivity index (χ0v) is 16.8. The fourth-order valence-electron chi connectivity index (χ4n) is 1.91. The Morgan fingerprint density at radius 1 is 1.42 bits per heavy atom. The minimum absolute atomic E-state index is 0. The summed E-state index contributed by atoms with van der Waals surface area (Å²) in [5.41, 5.74) is 0.795. The highest BCUT2D eigenvalue weighted by molar-refractivity contribution is 14.0. The number of ether oxygens (including phenoxy) is 1. The van der Waals surface area contributed by atoms with Gasteiger partial charge in [-0.15, -0.1) is 24.0 Å². The third kappa shape index (κ3) is 6.96. The van der Waals surface area contributed by atoms with Crippen molar-refractivity contribution in [2.75, 3.05) is 26.7 Å². The first kappa shape index (κ1) is 20.6. The van der Waals surface area contributed by atoms with Crippen molar-refractivity contribution in [1.82, 2.24) is 15.4 Å². The fourth-order valence-corrected chi connectivity index (χ4v) is 2.09. The van der Waals surface area contributed by atoms with Gasteiger partial charge >= 0.3 is 0 Å². The van der Waals surface area contributed by atoms with Gasteiger partial charge in [-0.1, -0.05) is 22.8 Å². The van der Waals surface area contributed by atoms with Crippen molar-refractivity contribution in [3.05, 3.63) is 47.3 Å². The van der Waals surface area contributed by atoms with Crippen LogP contribution in [0, 0.1) is 0 Å². The molecule has 0 spiro atoms. The Morgan fingerprint density at radius 3 is 2.92 bits per heavy atom. The van der Waals surface area contributed by atoms with Crippen LogP contribution in [0.15, 0.2) is 46.1 Å². The van der Waals surface area contributed by atoms with Crippen molar-refractivity contribution >= 4 is 41.5 Å². The molecule has 0 bridgehead atoms. The standard InChI is InChI=1S/C16H21ClN4O2.HI/c1-3-18-16(19-12-14-7-9-23-20-14)21(2)8-10-22-15-6-4-5-13(17)11-15;/h4-7,9,11H,3,8,10,12H2,1-2H3,(H,18,19);1H. The summed E-state index contributed by atoms with van der Waals surface area (Å²) in [6.45, 7) is 4.51. The van der Waals surface area contributed by atoms with Gasteiger partial charge < -0.3 is 19.5 Å². The van der Waals surface area contributed by atoms with E-state index in [9.17, 15) is 0 Å². The second-order valence-corrected chi connectivity index (χ2v) is 5.32. The van der Waals surface area contributed by atoms with Gasteiger partial charge in [-0.05, 0) is 25.1 Å². The second-order valence-electron chi connectivity index (χ2n) is 4.89. The average Bonchev–Trinajstić information content (AvgIpc) is 3.05. The van der Waals surface area contributed by atoms with Crippen LogP contribution in [-0.2, 0) is 6.54 Å². The minimum atomic E-state index is 0. The molecular formula is C16H22ClIN4O2. The van der Waals surface area contributed by atoms with E-state index in [0.717, 1.165) is 23.9 Å². The average molecular weight is 465 g/mol. The molecule has 2 rings (SSSR count). The number of halogens is 2. The number of hydrogen-bond donors (Lipinski definition) is 1. The Labute approximate surface area is 164 Å². The van der Waals surface area contributed by atoms with E-state index in [4.69, 9.17) is 20.9 Å². The van der Waals surface area contributed by atoms with E-state index in [1.54, 1.807) is 18.4 Å². The monoisotopic (exact) mass is 464 g/mol. The normalized spacial score (nSPS) is 10.9. The summed E-state index contributed by atoms with van der Waals surface area (Å²) < 4.78 is 10.5. The summed E-state index contributed by atoms with van der Waals surface area (Å²) in [6, 6.07) is 9.17. The topological polar surface area (TPSA) is 62.9 Å². The van der Waals surface area contributed by atoms with Crippen LogP contribution in [0.25, 0.3) is 0 Å². The molecule has 1 N–H and O–H groups in total. The highest BCUT2D eigenvalue weighted by atomic mass is 127. The number of aliphatic imine (C=N–C) groups is 1. The molecule has 0 aliphatic heterocycles. The molecule has 0 radical (unpaired) electrons. The molecule has 0 aliphatic rings. The predicted molar refractivity (Wildman–Crippen MR) is 106 cm³/mol. The number of guanidine groups is 1. The van der Waals surface area contributed by atoms with Crippen molar-refractivity contribution in [3.8, 4) is 5.75 Å². The van der Waals surface area contributed by atoms with Gasteiger partial charge in [0.25, 0.3) is 0 Å². The molecule has 0 saturated heterocycles. The number of rotatable bonds is 7. The Bertz CT molecular complexity index is 622. The molecule has 0 atom stereocenters. The predicted octanol–water partition coefficient (Wildman–Crippen LogP) is 3.42. The number of aromatic nitrogens is 1. The molecule has 24 heavy (non-hydrogen) atoms. The molecule has 1 aromatic carbocycles. The first-order valence-electron chi connectivity index (χ1n) is 7.46. The molecule has 6 nitrogen and oxygen atoms in total. The highest BCUT2D eigenvalue weighted by Gasteiger charge is 2.06. The van der Waals surface area contributed by atoms with Gasteiger partial charge in [0.1, 0.15) is 24.3 Å². The number of hydrogen-bond acceptors (Lipinski definition) is 4. The quantitative estimate of drug-likeness (QED) is 0.386. The summed E-state index contributed by atoms with van der Waals surface area (Å²) in [5, 5.41) is 7.76. The van der Waals surface area contributed by atoms with Crippen molar-refractivity contribution in [2.45, 2.75) is 13.5 Å². The van der Waals surface area contributed by atoms with Crippen LogP contribution in [-0.4, -0.2) is 42.8 Å². The molecule has 8 heteroatoms. The van der Waals surface area contributed by atoms with E-state index in [2.05, 4.69) is 15.5 Å². The van der Waals surface area contributed by atoms with E-state index < -0.39 is 0 Å². The first-order chi connectivity index (χ1) is 11.2. The van der Waals surface area contributed by atoms with Crippen molar-refractivity contribution in [2.24, 2.45) is 4.99 Å². The summed E-state index contributed by atoms with van der Waals surface area (Å²) in [7, 11) is 1.96. The molecule has 0 fully saturated rings. The van der Waals surface area contributed by atoms with Gasteiger partial charge in [-0.2, -0.15) is 0 Å². The second kappa shape index (κ2) is 11.1. The first-order valence-corrected chi connectivity index (χ1v) is 7.84. The maximum atomic E-state index is 5.93. The van der Waals surface area contributed by atoms with Crippen molar-refractivity contribution in [1.29, 1.82) is 0 Å². The third-order valence-electron chi connectivity index (χ3n) is 3.07. The number of likely N-dealkylation sites (N-methyl/N-ethyl adjacent to an activating group) is 1. The number of nitrogens with one attached hydrogen (secondary N) is 1. The van der Waals surface area contributed by atoms with Crippen LogP contribution in [0.4, 0.5) is 0 Å². The zero-order chi connectivity index (χ0) is 16.5. The summed E-state index contributed by atoms with van der Waals surface area (Å²) in [5.74, 6) is 1.56. The van der Waals surface area contributed by atoms with E-state index in [-0.39, 0.29) is 24.0 Å². The van der Waals surface area contributed by atoms with E-state index in [0.29, 0.717) is 24.7 Å². The van der Waals surface area contributed by atoms with Crippen LogP contribution in [0.3, 0.4) is 0 Å². The molecule has 0 aliphatic carbocycles. The lowest BCUT2D eigenvalue weighted by Crippen LogP contribution is -2.40. The van der Waals surface area contributed by atoms with Crippen LogP contribution in [0.1, 0.15) is 12.6 Å². The molecule has 1 aromatic heterocycles. The van der Waals surface area contributed by atoms with E-state index >= 15 is 0 Å². The Hall–Kier alpha value is -1.48. The van der Waals surface area contributed by atoms with E-state index in [1.807, 2.05) is 37.1 Å². The van der Waals surface area contributed by atoms with Gasteiger partial charge in [0.2, 0.25) is 0 Å². The Kier molecular flexibility index (Phi) is 9.55. The van der Waals surface area contributed by atoms with Crippen molar-refractivity contribution < 1.29 is 9.26 Å². The highest BCUT2D eigenvalue weighted by Crippen LogP contribution is 2.16. The van der Waals surface area contributed by atoms with Gasteiger partial charge in [-0.25, -0.2) is 4.99 Å². The molecule has 0 unspecified atom stereocenters. The summed E-state index contributed by atoms with van der Waals surface area (Å²) >= 11 is 5.93. The molecule has 0 amide bonds. The van der Waals surface area contributed by atoms with Crippen molar-refractivity contribution in [3.63, 3.8) is 0 Å². The lowest BCUT2D eigenvalue weighted by molar-refractivity contribution is 0.281. The SMILES string of the molecule is CCNC(=NCc1ccon1)N(C)CCOc1cccc(Cl)c1.I. The molecule has 1 heterocycles. The summed E-state index contributed by atoms with van der Waals surface area (Å²) in [6.07, 6.45) is 1.54. The summed E-state index contributed by atoms with van der Waals surface area (Å²) in [4.78, 5) is 6.54. The molecule has 132 valence electrons. The number of benzene rings is 1. The van der Waals surface area contributed by atoms with Crippen LogP contribution < -0.4 is 10.1 Å². The largest absolute Gasteiger partial charge is 0.492 e. The lowest BCUT2D eigenvalue weighted by atomic mass is 10.3. The van der Waals surface area contributed by atoms with Gasteiger partial charge in [0.05, 0.1) is 13.1 Å². The maximum absolute atomic E-state index is 5.93. The molecule has 2 aromatic rings. The van der Waals surface area contributed by atoms with Gasteiger partial charge in [-0.3, -0.25) is 0 Å². The van der Waals surface area contributed by atoms with Gasteiger partial charge in [0.15, 0.2) is 5.96 Å². The van der Waals surface area contributed by atoms with Crippen LogP contribution >= 0.6 is 35.6 Å².